The molecule has 1 amide bonds. The van der Waals surface area contributed by atoms with E-state index in [9.17, 15) is 13.2 Å². The molecule has 0 aliphatic carbocycles. The number of anilines is 1. The number of ether oxygens (including phenoxy) is 1. The van der Waals surface area contributed by atoms with Crippen LogP contribution in [0, 0.1) is 0 Å². The molecule has 0 aromatic heterocycles. The van der Waals surface area contributed by atoms with E-state index in [0.717, 1.165) is 6.42 Å². The van der Waals surface area contributed by atoms with Crippen LogP contribution in [0.25, 0.3) is 0 Å². The summed E-state index contributed by atoms with van der Waals surface area (Å²) >= 11 is 0. The zero-order valence-electron chi connectivity index (χ0n) is 12.3. The minimum absolute atomic E-state index is 0.0971. The predicted molar refractivity (Wildman–Crippen MR) is 80.5 cm³/mol. The van der Waals surface area contributed by atoms with Crippen LogP contribution in [0.1, 0.15) is 20.3 Å². The van der Waals surface area contributed by atoms with E-state index >= 15 is 0 Å². The third kappa shape index (κ3) is 4.61. The number of nitrogens with one attached hydrogen (secondary N) is 2. The van der Waals surface area contributed by atoms with Gasteiger partial charge in [-0.3, -0.25) is 4.79 Å². The molecule has 1 aromatic rings. The lowest BCUT2D eigenvalue weighted by atomic mass is 10.3. The molecule has 1 aromatic carbocycles. The van der Waals surface area contributed by atoms with Crippen molar-refractivity contribution in [3.63, 3.8) is 0 Å². The van der Waals surface area contributed by atoms with E-state index in [4.69, 9.17) is 10.5 Å². The van der Waals surface area contributed by atoms with Crippen molar-refractivity contribution in [2.75, 3.05) is 19.4 Å². The lowest BCUT2D eigenvalue weighted by Crippen LogP contribution is -2.44. The Kier molecular flexibility index (Phi) is 5.98. The van der Waals surface area contributed by atoms with Crippen LogP contribution in [0.15, 0.2) is 23.1 Å². The van der Waals surface area contributed by atoms with Crippen LogP contribution >= 0.6 is 0 Å². The number of nitrogens with two attached hydrogens (primary N) is 1. The summed E-state index contributed by atoms with van der Waals surface area (Å²) in [4.78, 5) is 11.6. The van der Waals surface area contributed by atoms with Crippen LogP contribution in [0.2, 0.25) is 0 Å². The number of nitrogen functional groups attached to an aromatic ring is 1. The van der Waals surface area contributed by atoms with Gasteiger partial charge >= 0.3 is 0 Å². The van der Waals surface area contributed by atoms with Gasteiger partial charge in [0.05, 0.1) is 13.2 Å². The van der Waals surface area contributed by atoms with Crippen LogP contribution in [-0.4, -0.2) is 34.0 Å². The Labute approximate surface area is 124 Å². The highest BCUT2D eigenvalue weighted by molar-refractivity contribution is 7.89. The van der Waals surface area contributed by atoms with Crippen LogP contribution in [0.4, 0.5) is 5.69 Å². The third-order valence-corrected chi connectivity index (χ3v) is 4.31. The Bertz CT molecular complexity index is 601. The largest absolute Gasteiger partial charge is 0.495 e. The van der Waals surface area contributed by atoms with E-state index in [1.807, 2.05) is 6.92 Å². The molecule has 0 aliphatic heterocycles. The van der Waals surface area contributed by atoms with Gasteiger partial charge < -0.3 is 15.8 Å². The highest BCUT2D eigenvalue weighted by atomic mass is 32.2. The van der Waals surface area contributed by atoms with E-state index in [0.29, 0.717) is 12.2 Å². The zero-order chi connectivity index (χ0) is 16.0. The van der Waals surface area contributed by atoms with Crippen LogP contribution < -0.4 is 20.5 Å². The maximum atomic E-state index is 12.3. The molecule has 1 unspecified atom stereocenters. The molecule has 4 N–H and O–H groups in total. The highest BCUT2D eigenvalue weighted by Gasteiger charge is 2.25. The van der Waals surface area contributed by atoms with Crippen LogP contribution in [-0.2, 0) is 14.8 Å². The monoisotopic (exact) mass is 315 g/mol. The summed E-state index contributed by atoms with van der Waals surface area (Å²) in [5.74, 6) is -0.221. The number of hydrogen-bond donors (Lipinski definition) is 3. The molecule has 21 heavy (non-hydrogen) atoms. The average molecular weight is 315 g/mol. The SMILES string of the molecule is CCCNC(=O)C(C)NS(=O)(=O)c1cc(N)ccc1OC. The molecule has 0 fully saturated rings. The summed E-state index contributed by atoms with van der Waals surface area (Å²) in [5, 5.41) is 2.62. The number of benzene rings is 1. The second kappa shape index (κ2) is 7.28. The molecule has 0 saturated heterocycles. The first-order chi connectivity index (χ1) is 9.81. The number of carbonyl (C=O) groups excluding carboxylic acids is 1. The maximum Gasteiger partial charge on any atom is 0.245 e. The smallest absolute Gasteiger partial charge is 0.245 e. The molecule has 8 heteroatoms. The normalized spacial score (nSPS) is 12.7. The van der Waals surface area contributed by atoms with Gasteiger partial charge in [-0.15, -0.1) is 0 Å². The number of hydrogen-bond acceptors (Lipinski definition) is 5. The van der Waals surface area contributed by atoms with Gasteiger partial charge in [-0.1, -0.05) is 6.92 Å². The second-order valence-electron chi connectivity index (χ2n) is 4.54. The first-order valence-corrected chi connectivity index (χ1v) is 8.03. The summed E-state index contributed by atoms with van der Waals surface area (Å²) in [6.45, 7) is 3.88. The molecule has 0 saturated carbocycles. The Hall–Kier alpha value is -1.80. The number of methoxy groups -OCH3 is 1. The number of sulfonamides is 1. The van der Waals surface area contributed by atoms with Gasteiger partial charge in [-0.05, 0) is 31.5 Å². The highest BCUT2D eigenvalue weighted by Crippen LogP contribution is 2.25. The first-order valence-electron chi connectivity index (χ1n) is 6.55. The van der Waals surface area contributed by atoms with Crippen LogP contribution in [0.3, 0.4) is 0 Å². The second-order valence-corrected chi connectivity index (χ2v) is 6.23. The summed E-state index contributed by atoms with van der Waals surface area (Å²) < 4.78 is 32.0. The van der Waals surface area contributed by atoms with Crippen molar-refractivity contribution >= 4 is 21.6 Å². The zero-order valence-corrected chi connectivity index (χ0v) is 13.2. The van der Waals surface area contributed by atoms with Crippen molar-refractivity contribution in [1.82, 2.24) is 10.0 Å². The first kappa shape index (κ1) is 17.3. The molecule has 118 valence electrons. The van der Waals surface area contributed by atoms with E-state index in [1.165, 1.54) is 32.2 Å². The van der Waals surface area contributed by atoms with Crippen molar-refractivity contribution in [1.29, 1.82) is 0 Å². The average Bonchev–Trinajstić information content (AvgIpc) is 2.44. The fourth-order valence-corrected chi connectivity index (χ4v) is 3.06. The summed E-state index contributed by atoms with van der Waals surface area (Å²) in [7, 11) is -2.55. The molecule has 7 nitrogen and oxygen atoms in total. The minimum Gasteiger partial charge on any atom is -0.495 e. The van der Waals surface area contributed by atoms with Gasteiger partial charge in [0.25, 0.3) is 0 Å². The topological polar surface area (TPSA) is 111 Å². The lowest BCUT2D eigenvalue weighted by Gasteiger charge is -2.16. The fourth-order valence-electron chi connectivity index (χ4n) is 1.65. The Balaban J connectivity index is 2.96. The molecule has 0 aliphatic rings. The van der Waals surface area contributed by atoms with Crippen molar-refractivity contribution in [3.05, 3.63) is 18.2 Å². The number of amides is 1. The van der Waals surface area contributed by atoms with Crippen molar-refractivity contribution in [2.45, 2.75) is 31.2 Å². The predicted octanol–water partition coefficient (Wildman–Crippen LogP) is 0.470. The summed E-state index contributed by atoms with van der Waals surface area (Å²) in [6, 6.07) is 3.39. The van der Waals surface area contributed by atoms with E-state index in [-0.39, 0.29) is 16.6 Å². The molecule has 0 bridgehead atoms. The molecular formula is C13H21N3O4S. The number of carbonyl (C=O) groups is 1. The molecule has 1 rings (SSSR count). The molecular weight excluding hydrogens is 294 g/mol. The van der Waals surface area contributed by atoms with Crippen molar-refractivity contribution in [2.24, 2.45) is 0 Å². The summed E-state index contributed by atoms with van der Waals surface area (Å²) in [6.07, 6.45) is 0.772. The standard InChI is InChI=1S/C13H21N3O4S/c1-4-7-15-13(17)9(2)16-21(18,19)12-8-10(14)5-6-11(12)20-3/h5-6,8-9,16H,4,7,14H2,1-3H3,(H,15,17). The van der Waals surface area contributed by atoms with E-state index in [2.05, 4.69) is 10.0 Å². The molecule has 0 radical (unpaired) electrons. The lowest BCUT2D eigenvalue weighted by molar-refractivity contribution is -0.122. The van der Waals surface area contributed by atoms with Gasteiger partial charge in [-0.2, -0.15) is 4.72 Å². The van der Waals surface area contributed by atoms with Crippen molar-refractivity contribution < 1.29 is 17.9 Å². The van der Waals surface area contributed by atoms with E-state index in [1.54, 1.807) is 0 Å². The third-order valence-electron chi connectivity index (χ3n) is 2.75. The fraction of sp³-hybridized carbons (Fsp3) is 0.462. The maximum absolute atomic E-state index is 12.3. The quantitative estimate of drug-likeness (QED) is 0.634. The Morgan fingerprint density at radius 1 is 1.43 bits per heavy atom. The van der Waals surface area contributed by atoms with Gasteiger partial charge in [0, 0.05) is 12.2 Å². The number of rotatable bonds is 7. The minimum atomic E-state index is -3.91. The van der Waals surface area contributed by atoms with Crippen LogP contribution in [0.5, 0.6) is 5.75 Å². The summed E-state index contributed by atoms with van der Waals surface area (Å²) in [5.41, 5.74) is 5.90. The van der Waals surface area contributed by atoms with Gasteiger partial charge in [0.2, 0.25) is 15.9 Å². The molecule has 1 atom stereocenters. The van der Waals surface area contributed by atoms with E-state index < -0.39 is 16.1 Å². The molecule has 0 spiro atoms. The van der Waals surface area contributed by atoms with Gasteiger partial charge in [-0.25, -0.2) is 8.42 Å². The molecule has 0 heterocycles. The Morgan fingerprint density at radius 2 is 2.10 bits per heavy atom. The van der Waals surface area contributed by atoms with Gasteiger partial charge in [0.1, 0.15) is 10.6 Å². The van der Waals surface area contributed by atoms with Crippen molar-refractivity contribution in [3.8, 4) is 5.75 Å². The van der Waals surface area contributed by atoms with Gasteiger partial charge in [0.15, 0.2) is 0 Å². The Morgan fingerprint density at radius 3 is 2.67 bits per heavy atom.